The van der Waals surface area contributed by atoms with Gasteiger partial charge in [0.05, 0.1) is 0 Å². The van der Waals surface area contributed by atoms with Crippen molar-refractivity contribution in [3.63, 3.8) is 0 Å². The van der Waals surface area contributed by atoms with Gasteiger partial charge in [0.15, 0.2) is 0 Å². The Labute approximate surface area is 105 Å². The summed E-state index contributed by atoms with van der Waals surface area (Å²) in [6.45, 7) is 9.01. The van der Waals surface area contributed by atoms with Crippen molar-refractivity contribution in [2.75, 3.05) is 32.7 Å². The van der Waals surface area contributed by atoms with Crippen LogP contribution in [0.25, 0.3) is 0 Å². The topological polar surface area (TPSA) is 58.4 Å². The lowest BCUT2D eigenvalue weighted by Gasteiger charge is -2.23. The third kappa shape index (κ3) is 6.03. The Morgan fingerprint density at radius 1 is 1.35 bits per heavy atom. The minimum Gasteiger partial charge on any atom is -0.355 e. The van der Waals surface area contributed by atoms with Gasteiger partial charge in [0.2, 0.25) is 5.91 Å². The fraction of sp³-hybridized carbons (Fsp3) is 0.923. The Morgan fingerprint density at radius 3 is 2.82 bits per heavy atom. The SMILES string of the molecule is CC(C)(CN)CCCCN1CCNC(=O)CC1. The highest BCUT2D eigenvalue weighted by atomic mass is 16.1. The molecule has 1 rings (SSSR count). The summed E-state index contributed by atoms with van der Waals surface area (Å²) in [5.74, 6) is 0.191. The predicted octanol–water partition coefficient (Wildman–Crippen LogP) is 0.964. The zero-order valence-electron chi connectivity index (χ0n) is 11.3. The normalized spacial score (nSPS) is 18.9. The zero-order chi connectivity index (χ0) is 12.7. The fourth-order valence-electron chi connectivity index (χ4n) is 2.08. The Hall–Kier alpha value is -0.610. The second-order valence-corrected chi connectivity index (χ2v) is 5.77. The van der Waals surface area contributed by atoms with E-state index >= 15 is 0 Å². The van der Waals surface area contributed by atoms with E-state index in [2.05, 4.69) is 24.1 Å². The molecular weight excluding hydrogens is 214 g/mol. The molecule has 0 atom stereocenters. The Bertz CT molecular complexity index is 241. The van der Waals surface area contributed by atoms with Crippen molar-refractivity contribution in [3.8, 4) is 0 Å². The monoisotopic (exact) mass is 241 g/mol. The Balaban J connectivity index is 2.12. The van der Waals surface area contributed by atoms with E-state index in [0.29, 0.717) is 6.42 Å². The largest absolute Gasteiger partial charge is 0.355 e. The first kappa shape index (κ1) is 14.5. The number of hydrogen-bond acceptors (Lipinski definition) is 3. The molecule has 0 aromatic rings. The molecule has 0 unspecified atom stereocenters. The van der Waals surface area contributed by atoms with E-state index in [9.17, 15) is 4.79 Å². The lowest BCUT2D eigenvalue weighted by molar-refractivity contribution is -0.120. The van der Waals surface area contributed by atoms with Crippen molar-refractivity contribution in [2.24, 2.45) is 11.1 Å². The first-order valence-corrected chi connectivity index (χ1v) is 6.73. The van der Waals surface area contributed by atoms with Crippen molar-refractivity contribution in [1.82, 2.24) is 10.2 Å². The van der Waals surface area contributed by atoms with Crippen LogP contribution in [0.1, 0.15) is 39.5 Å². The standard InChI is InChI=1S/C13H27N3O/c1-13(2,11-14)6-3-4-8-16-9-5-12(17)15-7-10-16/h3-11,14H2,1-2H3,(H,15,17). The molecule has 0 aromatic carbocycles. The number of carbonyl (C=O) groups is 1. The zero-order valence-corrected chi connectivity index (χ0v) is 11.3. The van der Waals surface area contributed by atoms with E-state index in [-0.39, 0.29) is 11.3 Å². The number of nitrogens with one attached hydrogen (secondary N) is 1. The van der Waals surface area contributed by atoms with Gasteiger partial charge in [-0.1, -0.05) is 20.3 Å². The van der Waals surface area contributed by atoms with Gasteiger partial charge in [-0.3, -0.25) is 4.79 Å². The predicted molar refractivity (Wildman–Crippen MR) is 70.8 cm³/mol. The van der Waals surface area contributed by atoms with Crippen LogP contribution < -0.4 is 11.1 Å². The van der Waals surface area contributed by atoms with Crippen LogP contribution in [0, 0.1) is 5.41 Å². The van der Waals surface area contributed by atoms with Gasteiger partial charge in [-0.25, -0.2) is 0 Å². The number of hydrogen-bond donors (Lipinski definition) is 2. The minimum atomic E-state index is 0.191. The van der Waals surface area contributed by atoms with Crippen molar-refractivity contribution in [1.29, 1.82) is 0 Å². The van der Waals surface area contributed by atoms with E-state index in [4.69, 9.17) is 5.73 Å². The summed E-state index contributed by atoms with van der Waals surface area (Å²) >= 11 is 0. The number of unbranched alkanes of at least 4 members (excludes halogenated alkanes) is 1. The third-order valence-corrected chi connectivity index (χ3v) is 3.54. The molecule has 100 valence electrons. The van der Waals surface area contributed by atoms with Crippen LogP contribution in [-0.2, 0) is 4.79 Å². The second-order valence-electron chi connectivity index (χ2n) is 5.77. The molecule has 1 saturated heterocycles. The molecule has 0 bridgehead atoms. The highest BCUT2D eigenvalue weighted by Gasteiger charge is 2.16. The summed E-state index contributed by atoms with van der Waals surface area (Å²) in [6, 6.07) is 0. The lowest BCUT2D eigenvalue weighted by atomic mass is 9.87. The fourth-order valence-corrected chi connectivity index (χ4v) is 2.08. The van der Waals surface area contributed by atoms with E-state index < -0.39 is 0 Å². The van der Waals surface area contributed by atoms with E-state index in [0.717, 1.165) is 32.7 Å². The van der Waals surface area contributed by atoms with Gasteiger partial charge < -0.3 is 16.0 Å². The molecule has 17 heavy (non-hydrogen) atoms. The molecule has 0 aromatic heterocycles. The summed E-state index contributed by atoms with van der Waals surface area (Å²) in [4.78, 5) is 13.6. The van der Waals surface area contributed by atoms with Crippen LogP contribution in [0.3, 0.4) is 0 Å². The number of nitrogens with zero attached hydrogens (tertiary/aromatic N) is 1. The van der Waals surface area contributed by atoms with Gasteiger partial charge in [0, 0.05) is 26.1 Å². The number of amides is 1. The van der Waals surface area contributed by atoms with Gasteiger partial charge >= 0.3 is 0 Å². The number of rotatable bonds is 6. The van der Waals surface area contributed by atoms with Crippen molar-refractivity contribution in [3.05, 3.63) is 0 Å². The Morgan fingerprint density at radius 2 is 2.12 bits per heavy atom. The molecule has 1 heterocycles. The molecule has 1 aliphatic heterocycles. The van der Waals surface area contributed by atoms with E-state index in [1.165, 1.54) is 19.3 Å². The quantitative estimate of drug-likeness (QED) is 0.681. The van der Waals surface area contributed by atoms with Gasteiger partial charge in [-0.2, -0.15) is 0 Å². The van der Waals surface area contributed by atoms with Crippen LogP contribution in [0.4, 0.5) is 0 Å². The molecule has 1 amide bonds. The molecule has 0 radical (unpaired) electrons. The highest BCUT2D eigenvalue weighted by molar-refractivity contribution is 5.76. The first-order valence-electron chi connectivity index (χ1n) is 6.73. The molecule has 4 nitrogen and oxygen atoms in total. The van der Waals surface area contributed by atoms with Crippen LogP contribution in [0.5, 0.6) is 0 Å². The second kappa shape index (κ2) is 6.97. The molecule has 0 aliphatic carbocycles. The van der Waals surface area contributed by atoms with Crippen LogP contribution in [-0.4, -0.2) is 43.5 Å². The summed E-state index contributed by atoms with van der Waals surface area (Å²) in [5.41, 5.74) is 5.99. The average Bonchev–Trinajstić information content (AvgIpc) is 2.50. The van der Waals surface area contributed by atoms with Crippen molar-refractivity contribution < 1.29 is 4.79 Å². The van der Waals surface area contributed by atoms with Gasteiger partial charge in [0.25, 0.3) is 0 Å². The number of nitrogens with two attached hydrogens (primary N) is 1. The first-order chi connectivity index (χ1) is 8.03. The van der Waals surface area contributed by atoms with Crippen LogP contribution >= 0.6 is 0 Å². The molecular formula is C13H27N3O. The summed E-state index contributed by atoms with van der Waals surface area (Å²) in [7, 11) is 0. The molecule has 0 spiro atoms. The Kier molecular flexibility index (Phi) is 5.92. The van der Waals surface area contributed by atoms with E-state index in [1.807, 2.05) is 0 Å². The van der Waals surface area contributed by atoms with Crippen molar-refractivity contribution >= 4 is 5.91 Å². The molecule has 0 saturated carbocycles. The molecule has 4 heteroatoms. The van der Waals surface area contributed by atoms with Gasteiger partial charge in [-0.15, -0.1) is 0 Å². The smallest absolute Gasteiger partial charge is 0.221 e. The maximum atomic E-state index is 11.2. The third-order valence-electron chi connectivity index (χ3n) is 3.54. The van der Waals surface area contributed by atoms with E-state index in [1.54, 1.807) is 0 Å². The van der Waals surface area contributed by atoms with Gasteiger partial charge in [-0.05, 0) is 31.3 Å². The number of carbonyl (C=O) groups excluding carboxylic acids is 1. The van der Waals surface area contributed by atoms with Crippen molar-refractivity contribution in [2.45, 2.75) is 39.5 Å². The lowest BCUT2D eigenvalue weighted by Crippen LogP contribution is -2.29. The summed E-state index contributed by atoms with van der Waals surface area (Å²) in [5, 5.41) is 2.90. The van der Waals surface area contributed by atoms with Crippen LogP contribution in [0.15, 0.2) is 0 Å². The molecule has 1 fully saturated rings. The minimum absolute atomic E-state index is 0.191. The van der Waals surface area contributed by atoms with Crippen LogP contribution in [0.2, 0.25) is 0 Å². The summed E-state index contributed by atoms with van der Waals surface area (Å²) < 4.78 is 0. The molecule has 3 N–H and O–H groups in total. The summed E-state index contributed by atoms with van der Waals surface area (Å²) in [6.07, 6.45) is 4.27. The van der Waals surface area contributed by atoms with Gasteiger partial charge in [0.1, 0.15) is 0 Å². The molecule has 1 aliphatic rings. The average molecular weight is 241 g/mol. The maximum Gasteiger partial charge on any atom is 0.221 e. The highest BCUT2D eigenvalue weighted by Crippen LogP contribution is 2.21. The maximum absolute atomic E-state index is 11.2.